The molecule has 0 saturated carbocycles. The van der Waals surface area contributed by atoms with E-state index in [1.165, 1.54) is 5.56 Å². The van der Waals surface area contributed by atoms with Crippen molar-refractivity contribution in [2.45, 2.75) is 0 Å². The summed E-state index contributed by atoms with van der Waals surface area (Å²) in [5, 5.41) is 1.07. The summed E-state index contributed by atoms with van der Waals surface area (Å²) in [6, 6.07) is 28.6. The van der Waals surface area contributed by atoms with Crippen molar-refractivity contribution in [3.8, 4) is 28.2 Å². The molecule has 0 N–H and O–H groups in total. The van der Waals surface area contributed by atoms with Gasteiger partial charge in [-0.15, -0.1) is 10.2 Å². The molecule has 1 heterocycles. The zero-order valence-corrected chi connectivity index (χ0v) is 16.2. The van der Waals surface area contributed by atoms with Gasteiger partial charge in [0.05, 0.1) is 30.2 Å². The highest BCUT2D eigenvalue weighted by molar-refractivity contribution is 5.95. The molecule has 4 aromatic rings. The van der Waals surface area contributed by atoms with Crippen LogP contribution in [-0.4, -0.2) is 7.11 Å². The number of rotatable bonds is 3. The second-order valence-electron chi connectivity index (χ2n) is 6.00. The Kier molecular flexibility index (Phi) is 6.43. The normalized spacial score (nSPS) is 10.9. The summed E-state index contributed by atoms with van der Waals surface area (Å²) in [5.74, 6) is 1.63. The van der Waals surface area contributed by atoms with Crippen LogP contribution in [0.5, 0.6) is 5.75 Å². The van der Waals surface area contributed by atoms with E-state index in [0.29, 0.717) is 0 Å². The van der Waals surface area contributed by atoms with E-state index in [-0.39, 0.29) is 0 Å². The summed E-state index contributed by atoms with van der Waals surface area (Å²) in [6.07, 6.45) is 0. The summed E-state index contributed by atoms with van der Waals surface area (Å²) >= 11 is 0. The van der Waals surface area contributed by atoms with Crippen molar-refractivity contribution in [3.63, 3.8) is 0 Å². The molecule has 0 spiro atoms. The maximum absolute atomic E-state index is 8.49. The van der Waals surface area contributed by atoms with Crippen molar-refractivity contribution in [1.82, 2.24) is 0 Å². The summed E-state index contributed by atoms with van der Waals surface area (Å²) in [5.41, 5.74) is 4.19. The molecule has 148 valence electrons. The number of benzene rings is 3. The third-order valence-corrected chi connectivity index (χ3v) is 4.12. The Labute approximate surface area is 169 Å². The first-order valence-corrected chi connectivity index (χ1v) is 9.76. The number of hydrogen-bond donors (Lipinski definition) is 0. The molecule has 0 aliphatic carbocycles. The first kappa shape index (κ1) is 20.7. The van der Waals surface area contributed by atoms with Gasteiger partial charge in [-0.3, -0.25) is 0 Å². The van der Waals surface area contributed by atoms with Crippen LogP contribution in [0.15, 0.2) is 89.3 Å². The van der Waals surface area contributed by atoms with E-state index in [4.69, 9.17) is 27.8 Å². The predicted octanol–water partition coefficient (Wildman–Crippen LogP) is 1.30. The van der Waals surface area contributed by atoms with E-state index in [2.05, 4.69) is 48.5 Å². The van der Waals surface area contributed by atoms with Gasteiger partial charge >= 0.3 is 11.3 Å². The van der Waals surface area contributed by atoms with Gasteiger partial charge in [-0.25, -0.2) is 23.1 Å². The number of halogens is 1. The van der Waals surface area contributed by atoms with Crippen molar-refractivity contribution in [1.29, 1.82) is 0 Å². The summed E-state index contributed by atoms with van der Waals surface area (Å²) in [7, 11) is -3.28. The fraction of sp³-hybridized carbons (Fsp3) is 0.0455. The van der Waals surface area contributed by atoms with Crippen LogP contribution in [0.25, 0.3) is 33.4 Å². The number of methoxy groups -OCH3 is 1. The highest BCUT2D eigenvalue weighted by Crippen LogP contribution is 2.35. The lowest BCUT2D eigenvalue weighted by Crippen LogP contribution is -2.68. The minimum absolute atomic E-state index is 0.787. The molecule has 0 aliphatic heterocycles. The predicted molar refractivity (Wildman–Crippen MR) is 98.0 cm³/mol. The number of fused-ring (bicyclic) bond motifs is 1. The van der Waals surface area contributed by atoms with Crippen molar-refractivity contribution in [2.75, 3.05) is 7.11 Å². The summed E-state index contributed by atoms with van der Waals surface area (Å²) in [6.45, 7) is 0. The quantitative estimate of drug-likeness (QED) is 0.469. The molecule has 0 fully saturated rings. The largest absolute Gasteiger partial charge is 0.496 e. The molecule has 0 bridgehead atoms. The molecule has 0 aliphatic rings. The standard InChI is InChI=1S/C22H17O2.ClHO4/c1-23-18-12-13-19-20(16-8-4-2-5-9-16)15-21(24-22(19)14-18)17-10-6-3-7-11-17;2-1(3,4)5/h2-15H,1H3;(H,2,3,4,5)/q+1;/p-1. The molecular weight excluding hydrogens is 396 g/mol. The molecule has 0 atom stereocenters. The molecule has 3 aromatic carbocycles. The van der Waals surface area contributed by atoms with Crippen LogP contribution >= 0.6 is 0 Å². The SMILES string of the molecule is COc1ccc2c(-c3ccccc3)cc(-c3ccccc3)[o+]c2c1.[O-][Cl+3]([O-])([O-])[O-]. The van der Waals surface area contributed by atoms with Crippen LogP contribution in [0.2, 0.25) is 0 Å². The fourth-order valence-electron chi connectivity index (χ4n) is 2.89. The van der Waals surface area contributed by atoms with Gasteiger partial charge < -0.3 is 4.74 Å². The van der Waals surface area contributed by atoms with Gasteiger partial charge in [0, 0.05) is 5.56 Å². The second-order valence-corrected chi connectivity index (χ2v) is 6.75. The van der Waals surface area contributed by atoms with E-state index in [9.17, 15) is 0 Å². The van der Waals surface area contributed by atoms with Gasteiger partial charge in [0.2, 0.25) is 0 Å². The van der Waals surface area contributed by atoms with Crippen molar-refractivity contribution in [2.24, 2.45) is 0 Å². The number of ether oxygens (including phenoxy) is 1. The third kappa shape index (κ3) is 5.74. The fourth-order valence-corrected chi connectivity index (χ4v) is 2.89. The van der Waals surface area contributed by atoms with Crippen LogP contribution in [-0.2, 0) is 0 Å². The topological polar surface area (TPSA) is 113 Å². The maximum Gasteiger partial charge on any atom is 0.365 e. The van der Waals surface area contributed by atoms with E-state index in [0.717, 1.165) is 33.6 Å². The lowest BCUT2D eigenvalue weighted by Gasteiger charge is -2.17. The van der Waals surface area contributed by atoms with Gasteiger partial charge in [-0.2, -0.15) is 0 Å². The Morgan fingerprint density at radius 3 is 1.83 bits per heavy atom. The van der Waals surface area contributed by atoms with Crippen molar-refractivity contribution in [3.05, 3.63) is 84.9 Å². The summed E-state index contributed by atoms with van der Waals surface area (Å²) in [4.78, 5) is 0. The van der Waals surface area contributed by atoms with Crippen molar-refractivity contribution < 1.29 is 38.0 Å². The molecule has 1 aromatic heterocycles. The highest BCUT2D eigenvalue weighted by atomic mass is 35.7. The van der Waals surface area contributed by atoms with Gasteiger partial charge in [0.15, 0.2) is 0 Å². The van der Waals surface area contributed by atoms with Gasteiger partial charge in [0.1, 0.15) is 5.75 Å². The smallest absolute Gasteiger partial charge is 0.365 e. The molecule has 29 heavy (non-hydrogen) atoms. The molecule has 0 radical (unpaired) electrons. The molecule has 0 saturated heterocycles. The minimum Gasteiger partial charge on any atom is -0.496 e. The summed E-state index contributed by atoms with van der Waals surface area (Å²) < 4.78 is 45.5. The molecule has 6 nitrogen and oxygen atoms in total. The Morgan fingerprint density at radius 1 is 0.724 bits per heavy atom. The average Bonchev–Trinajstić information content (AvgIpc) is 2.72. The average molecular weight is 413 g/mol. The van der Waals surface area contributed by atoms with E-state index in [1.807, 2.05) is 36.4 Å². The molecule has 7 heteroatoms. The zero-order valence-electron chi connectivity index (χ0n) is 15.4. The van der Waals surface area contributed by atoms with Gasteiger partial charge in [0.25, 0.3) is 0 Å². The first-order chi connectivity index (χ1) is 13.8. The second kappa shape index (κ2) is 9.00. The molecular formula is C22H17ClO6. The van der Waals surface area contributed by atoms with E-state index >= 15 is 0 Å². The Morgan fingerprint density at radius 2 is 1.28 bits per heavy atom. The van der Waals surface area contributed by atoms with Gasteiger partial charge in [-0.05, 0) is 29.8 Å². The van der Waals surface area contributed by atoms with Crippen LogP contribution in [0.1, 0.15) is 0 Å². The highest BCUT2D eigenvalue weighted by Gasteiger charge is 2.20. The van der Waals surface area contributed by atoms with Crippen molar-refractivity contribution >= 4 is 11.0 Å². The lowest BCUT2D eigenvalue weighted by atomic mass is 9.99. The monoisotopic (exact) mass is 412 g/mol. The molecule has 0 unspecified atom stereocenters. The number of hydrogen-bond acceptors (Lipinski definition) is 5. The van der Waals surface area contributed by atoms with E-state index < -0.39 is 10.2 Å². The Hall–Kier alpha value is -3.00. The van der Waals surface area contributed by atoms with Crippen LogP contribution in [0, 0.1) is 10.2 Å². The Bertz CT molecular complexity index is 1070. The van der Waals surface area contributed by atoms with Crippen LogP contribution in [0.4, 0.5) is 0 Å². The minimum atomic E-state index is -4.94. The maximum atomic E-state index is 8.49. The zero-order chi connectivity index (χ0) is 20.9. The first-order valence-electron chi connectivity index (χ1n) is 8.52. The molecule has 4 rings (SSSR count). The van der Waals surface area contributed by atoms with E-state index in [1.54, 1.807) is 7.11 Å². The Balaban J connectivity index is 0.000000431. The lowest BCUT2D eigenvalue weighted by molar-refractivity contribution is -2.00. The third-order valence-electron chi connectivity index (χ3n) is 4.12. The van der Waals surface area contributed by atoms with Crippen LogP contribution < -0.4 is 23.4 Å². The molecule has 0 amide bonds. The van der Waals surface area contributed by atoms with Gasteiger partial charge in [-0.1, -0.05) is 48.5 Å². The van der Waals surface area contributed by atoms with Crippen LogP contribution in [0.3, 0.4) is 0 Å².